The summed E-state index contributed by atoms with van der Waals surface area (Å²) in [5, 5.41) is 2.65. The Morgan fingerprint density at radius 3 is 3.09 bits per heavy atom. The zero-order valence-electron chi connectivity index (χ0n) is 6.29. The van der Waals surface area contributed by atoms with Crippen LogP contribution in [0.15, 0.2) is 4.52 Å². The fourth-order valence-electron chi connectivity index (χ4n) is 0.633. The lowest BCUT2D eigenvalue weighted by Crippen LogP contribution is -1.84. The summed E-state index contributed by atoms with van der Waals surface area (Å²) in [4.78, 5) is 4.24. The highest BCUT2D eigenvalue weighted by atomic mass is 32.2. The van der Waals surface area contributed by atoms with Gasteiger partial charge in [0.1, 0.15) is 0 Å². The number of aromatic amines is 1. The van der Waals surface area contributed by atoms with Crippen molar-refractivity contribution in [2.45, 2.75) is 19.1 Å². The standard InChI is InChI=1S/C6H10N2OS2/c1-2-3-11-4-5-7-6(10)9-8-5/h2-4H2,1H3,(H,7,8,10). The first kappa shape index (κ1) is 8.80. The minimum atomic E-state index is 0.289. The van der Waals surface area contributed by atoms with E-state index in [2.05, 4.69) is 17.1 Å². The predicted molar refractivity (Wildman–Crippen MR) is 48.1 cm³/mol. The zero-order chi connectivity index (χ0) is 8.10. The second kappa shape index (κ2) is 4.56. The number of nitrogens with zero attached hydrogens (tertiary/aromatic N) is 1. The minimum Gasteiger partial charge on any atom is -0.348 e. The van der Waals surface area contributed by atoms with Gasteiger partial charge < -0.3 is 4.52 Å². The molecular weight excluding hydrogens is 180 g/mol. The van der Waals surface area contributed by atoms with Gasteiger partial charge in [-0.25, -0.2) is 5.16 Å². The molecular formula is C6H10N2OS2. The van der Waals surface area contributed by atoms with Gasteiger partial charge >= 0.3 is 4.84 Å². The molecule has 0 aliphatic rings. The molecule has 0 aliphatic heterocycles. The van der Waals surface area contributed by atoms with E-state index in [1.54, 1.807) is 0 Å². The van der Waals surface area contributed by atoms with Gasteiger partial charge in [-0.1, -0.05) is 6.92 Å². The van der Waals surface area contributed by atoms with E-state index in [0.717, 1.165) is 17.3 Å². The third-order valence-electron chi connectivity index (χ3n) is 1.07. The summed E-state index contributed by atoms with van der Waals surface area (Å²) in [6, 6.07) is 0. The Labute approximate surface area is 74.6 Å². The number of nitrogens with one attached hydrogen (secondary N) is 1. The summed E-state index contributed by atoms with van der Waals surface area (Å²) < 4.78 is 4.76. The van der Waals surface area contributed by atoms with Crippen molar-refractivity contribution in [2.24, 2.45) is 0 Å². The molecule has 1 aromatic heterocycles. The van der Waals surface area contributed by atoms with Gasteiger partial charge in [-0.3, -0.25) is 0 Å². The number of hydrogen-bond acceptors (Lipinski definition) is 4. The first-order valence-electron chi connectivity index (χ1n) is 3.45. The number of H-pyrrole nitrogens is 1. The molecule has 0 radical (unpaired) electrons. The molecule has 0 aromatic carbocycles. The second-order valence-corrected chi connectivity index (χ2v) is 3.54. The van der Waals surface area contributed by atoms with Crippen LogP contribution in [0.2, 0.25) is 0 Å². The van der Waals surface area contributed by atoms with Crippen molar-refractivity contribution in [3.05, 3.63) is 10.7 Å². The second-order valence-electron chi connectivity index (χ2n) is 2.08. The number of hydrogen-bond donors (Lipinski definition) is 1. The normalized spacial score (nSPS) is 10.3. The van der Waals surface area contributed by atoms with E-state index >= 15 is 0 Å². The molecule has 1 aromatic rings. The lowest BCUT2D eigenvalue weighted by atomic mass is 10.6. The van der Waals surface area contributed by atoms with Crippen LogP contribution >= 0.6 is 24.0 Å². The molecule has 0 amide bonds. The SMILES string of the molecule is CCCSCc1nc(=S)o[nH]1. The van der Waals surface area contributed by atoms with Gasteiger partial charge in [-0.05, 0) is 24.4 Å². The molecule has 11 heavy (non-hydrogen) atoms. The van der Waals surface area contributed by atoms with Crippen LogP contribution in [0.3, 0.4) is 0 Å². The van der Waals surface area contributed by atoms with Crippen LogP contribution in [0.25, 0.3) is 0 Å². The lowest BCUT2D eigenvalue weighted by molar-refractivity contribution is 0.400. The highest BCUT2D eigenvalue weighted by Crippen LogP contribution is 2.08. The molecule has 1 N–H and O–H groups in total. The smallest absolute Gasteiger partial charge is 0.314 e. The van der Waals surface area contributed by atoms with Crippen LogP contribution in [-0.4, -0.2) is 15.9 Å². The average Bonchev–Trinajstić information content (AvgIpc) is 2.37. The fraction of sp³-hybridized carbons (Fsp3) is 0.667. The van der Waals surface area contributed by atoms with Gasteiger partial charge in [0.2, 0.25) is 0 Å². The molecule has 0 atom stereocenters. The van der Waals surface area contributed by atoms with Gasteiger partial charge in [0.05, 0.1) is 5.75 Å². The van der Waals surface area contributed by atoms with Crippen molar-refractivity contribution in [3.63, 3.8) is 0 Å². The monoisotopic (exact) mass is 190 g/mol. The van der Waals surface area contributed by atoms with E-state index < -0.39 is 0 Å². The van der Waals surface area contributed by atoms with E-state index in [1.807, 2.05) is 11.8 Å². The summed E-state index contributed by atoms with van der Waals surface area (Å²) in [6.45, 7) is 2.15. The molecule has 0 spiro atoms. The topological polar surface area (TPSA) is 41.8 Å². The molecule has 62 valence electrons. The van der Waals surface area contributed by atoms with Crippen molar-refractivity contribution >= 4 is 24.0 Å². The molecule has 0 saturated heterocycles. The summed E-state index contributed by atoms with van der Waals surface area (Å²) in [6.07, 6.45) is 1.18. The summed E-state index contributed by atoms with van der Waals surface area (Å²) in [5.41, 5.74) is 0. The maximum absolute atomic E-state index is 4.76. The Morgan fingerprint density at radius 1 is 1.73 bits per heavy atom. The van der Waals surface area contributed by atoms with E-state index in [-0.39, 0.29) is 4.84 Å². The average molecular weight is 190 g/mol. The van der Waals surface area contributed by atoms with Crippen molar-refractivity contribution in [1.29, 1.82) is 0 Å². The summed E-state index contributed by atoms with van der Waals surface area (Å²) >= 11 is 6.51. The van der Waals surface area contributed by atoms with Crippen LogP contribution in [0.1, 0.15) is 19.2 Å². The first-order chi connectivity index (χ1) is 5.33. The van der Waals surface area contributed by atoms with E-state index in [0.29, 0.717) is 0 Å². The number of thioether (sulfide) groups is 1. The van der Waals surface area contributed by atoms with Gasteiger partial charge in [-0.2, -0.15) is 16.7 Å². The van der Waals surface area contributed by atoms with Crippen molar-refractivity contribution in [2.75, 3.05) is 5.75 Å². The van der Waals surface area contributed by atoms with Crippen LogP contribution < -0.4 is 0 Å². The minimum absolute atomic E-state index is 0.289. The number of rotatable bonds is 4. The zero-order valence-corrected chi connectivity index (χ0v) is 7.93. The van der Waals surface area contributed by atoms with Crippen molar-refractivity contribution in [1.82, 2.24) is 10.1 Å². The Bertz CT molecular complexity index is 255. The Kier molecular flexibility index (Phi) is 3.65. The van der Waals surface area contributed by atoms with Crippen LogP contribution in [0.5, 0.6) is 0 Å². The highest BCUT2D eigenvalue weighted by molar-refractivity contribution is 7.98. The molecule has 5 heteroatoms. The van der Waals surface area contributed by atoms with Crippen LogP contribution in [0, 0.1) is 4.84 Å². The molecule has 0 unspecified atom stereocenters. The first-order valence-corrected chi connectivity index (χ1v) is 5.01. The van der Waals surface area contributed by atoms with Gasteiger partial charge in [0.25, 0.3) is 0 Å². The van der Waals surface area contributed by atoms with E-state index in [4.69, 9.17) is 16.7 Å². The van der Waals surface area contributed by atoms with Gasteiger partial charge in [-0.15, -0.1) is 0 Å². The third kappa shape index (κ3) is 3.07. The van der Waals surface area contributed by atoms with E-state index in [9.17, 15) is 0 Å². The molecule has 1 heterocycles. The molecule has 3 nitrogen and oxygen atoms in total. The molecule has 0 fully saturated rings. The van der Waals surface area contributed by atoms with Crippen molar-refractivity contribution < 1.29 is 4.52 Å². The molecule has 0 saturated carbocycles. The maximum atomic E-state index is 4.76. The van der Waals surface area contributed by atoms with Crippen LogP contribution in [-0.2, 0) is 5.75 Å². The van der Waals surface area contributed by atoms with Crippen molar-refractivity contribution in [3.8, 4) is 0 Å². The fourth-order valence-corrected chi connectivity index (χ4v) is 1.54. The number of aromatic nitrogens is 2. The van der Waals surface area contributed by atoms with Gasteiger partial charge in [0, 0.05) is 0 Å². The lowest BCUT2D eigenvalue weighted by Gasteiger charge is -1.92. The van der Waals surface area contributed by atoms with E-state index in [1.165, 1.54) is 6.42 Å². The summed E-state index contributed by atoms with van der Waals surface area (Å²) in [5.74, 6) is 2.83. The highest BCUT2D eigenvalue weighted by Gasteiger charge is 1.96. The van der Waals surface area contributed by atoms with Crippen LogP contribution in [0.4, 0.5) is 0 Å². The third-order valence-corrected chi connectivity index (χ3v) is 2.42. The Balaban J connectivity index is 2.33. The predicted octanol–water partition coefficient (Wildman–Crippen LogP) is 2.38. The molecule has 1 rings (SSSR count). The summed E-state index contributed by atoms with van der Waals surface area (Å²) in [7, 11) is 0. The molecule has 0 aliphatic carbocycles. The maximum Gasteiger partial charge on any atom is 0.314 e. The Morgan fingerprint density at radius 2 is 2.55 bits per heavy atom. The van der Waals surface area contributed by atoms with Gasteiger partial charge in [0.15, 0.2) is 5.82 Å². The Hall–Kier alpha value is -0.290. The quantitative estimate of drug-likeness (QED) is 0.584. The largest absolute Gasteiger partial charge is 0.348 e. The molecule has 0 bridgehead atoms.